The van der Waals surface area contributed by atoms with E-state index >= 15 is 0 Å². The third-order valence-corrected chi connectivity index (χ3v) is 4.36. The summed E-state index contributed by atoms with van der Waals surface area (Å²) in [4.78, 5) is 16.1. The highest BCUT2D eigenvalue weighted by atomic mass is 79.9. The van der Waals surface area contributed by atoms with Gasteiger partial charge in [0.05, 0.1) is 6.61 Å². The quantitative estimate of drug-likeness (QED) is 0.853. The zero-order chi connectivity index (χ0) is 14.5. The van der Waals surface area contributed by atoms with E-state index in [4.69, 9.17) is 5.11 Å². The predicted octanol–water partition coefficient (Wildman–Crippen LogP) is 2.16. The van der Waals surface area contributed by atoms with Crippen molar-refractivity contribution in [2.24, 2.45) is 0 Å². The number of β-amino-alcohol motifs (C(OH)–C–C–N with tert-alkyl or cyclic N) is 1. The molecule has 1 saturated heterocycles. The summed E-state index contributed by atoms with van der Waals surface area (Å²) in [5.41, 5.74) is 1.87. The molecule has 0 aliphatic carbocycles. The van der Waals surface area contributed by atoms with Crippen molar-refractivity contribution in [1.82, 2.24) is 4.90 Å². The number of carbonyl (C=O) groups is 1. The molecular formula is C15H21BrN2O2. The second-order valence-corrected chi connectivity index (χ2v) is 5.98. The fourth-order valence-corrected chi connectivity index (χ4v) is 3.23. The van der Waals surface area contributed by atoms with Crippen molar-refractivity contribution >= 4 is 27.4 Å². The molecule has 1 aliphatic rings. The lowest BCUT2D eigenvalue weighted by Gasteiger charge is -2.24. The number of anilines is 1. The summed E-state index contributed by atoms with van der Waals surface area (Å²) >= 11 is 3.48. The third kappa shape index (κ3) is 3.81. The minimum atomic E-state index is 0.0772. The Morgan fingerprint density at radius 3 is 2.75 bits per heavy atom. The second-order valence-electron chi connectivity index (χ2n) is 5.13. The maximum atomic E-state index is 11.4. The van der Waals surface area contributed by atoms with Gasteiger partial charge in [-0.1, -0.05) is 0 Å². The van der Waals surface area contributed by atoms with Gasteiger partial charge in [-0.05, 0) is 54.0 Å². The predicted molar refractivity (Wildman–Crippen MR) is 84.5 cm³/mol. The van der Waals surface area contributed by atoms with Gasteiger partial charge in [0.25, 0.3) is 0 Å². The SMILES string of the molecule is CC(=O)c1ccc(N2CCCN(CCO)CC2)cc1Br. The number of aliphatic hydroxyl groups is 1. The number of aliphatic hydroxyl groups excluding tert-OH is 1. The number of rotatable bonds is 4. The van der Waals surface area contributed by atoms with Crippen molar-refractivity contribution in [2.75, 3.05) is 44.2 Å². The molecule has 4 nitrogen and oxygen atoms in total. The van der Waals surface area contributed by atoms with Crippen molar-refractivity contribution in [3.63, 3.8) is 0 Å². The molecule has 0 amide bonds. The van der Waals surface area contributed by atoms with Crippen LogP contribution in [-0.2, 0) is 0 Å². The lowest BCUT2D eigenvalue weighted by atomic mass is 10.1. The average Bonchev–Trinajstić information content (AvgIpc) is 2.64. The first-order chi connectivity index (χ1) is 9.61. The van der Waals surface area contributed by atoms with Gasteiger partial charge in [0.15, 0.2) is 5.78 Å². The van der Waals surface area contributed by atoms with Crippen molar-refractivity contribution < 1.29 is 9.90 Å². The first kappa shape index (κ1) is 15.5. The molecule has 0 unspecified atom stereocenters. The molecule has 2 rings (SSSR count). The molecule has 0 radical (unpaired) electrons. The van der Waals surface area contributed by atoms with Crippen molar-refractivity contribution in [1.29, 1.82) is 0 Å². The number of halogens is 1. The van der Waals surface area contributed by atoms with Gasteiger partial charge in [-0.2, -0.15) is 0 Å². The molecule has 0 aromatic heterocycles. The first-order valence-electron chi connectivity index (χ1n) is 7.00. The van der Waals surface area contributed by atoms with E-state index in [1.807, 2.05) is 18.2 Å². The molecule has 1 aromatic rings. The number of ketones is 1. The van der Waals surface area contributed by atoms with E-state index in [9.17, 15) is 4.79 Å². The average molecular weight is 341 g/mol. The van der Waals surface area contributed by atoms with Gasteiger partial charge in [-0.3, -0.25) is 9.69 Å². The molecule has 1 aliphatic heterocycles. The Bertz CT molecular complexity index is 479. The zero-order valence-electron chi connectivity index (χ0n) is 11.8. The molecule has 1 heterocycles. The van der Waals surface area contributed by atoms with Gasteiger partial charge >= 0.3 is 0 Å². The van der Waals surface area contributed by atoms with Crippen molar-refractivity contribution in [2.45, 2.75) is 13.3 Å². The highest BCUT2D eigenvalue weighted by Gasteiger charge is 2.16. The lowest BCUT2D eigenvalue weighted by Crippen LogP contribution is -2.32. The topological polar surface area (TPSA) is 43.8 Å². The standard InChI is InChI=1S/C15H21BrN2O2/c1-12(20)14-4-3-13(11-15(14)16)18-6-2-5-17(7-8-18)9-10-19/h3-4,11,19H,2,5-10H2,1H3. The highest BCUT2D eigenvalue weighted by Crippen LogP contribution is 2.25. The van der Waals surface area contributed by atoms with Crippen LogP contribution in [0.1, 0.15) is 23.7 Å². The van der Waals surface area contributed by atoms with Gasteiger partial charge in [-0.15, -0.1) is 0 Å². The van der Waals surface area contributed by atoms with E-state index in [1.165, 1.54) is 0 Å². The Labute approximate surface area is 128 Å². The van der Waals surface area contributed by atoms with E-state index < -0.39 is 0 Å². The summed E-state index contributed by atoms with van der Waals surface area (Å²) in [5, 5.41) is 9.02. The summed E-state index contributed by atoms with van der Waals surface area (Å²) in [6.45, 7) is 6.51. The molecule has 20 heavy (non-hydrogen) atoms. The van der Waals surface area contributed by atoms with Crippen LogP contribution >= 0.6 is 15.9 Å². The number of hydrogen-bond donors (Lipinski definition) is 1. The normalized spacial score (nSPS) is 17.1. The number of carbonyl (C=O) groups excluding carboxylic acids is 1. The zero-order valence-corrected chi connectivity index (χ0v) is 13.4. The summed E-state index contributed by atoms with van der Waals surface area (Å²) in [6, 6.07) is 5.93. The van der Waals surface area contributed by atoms with E-state index in [1.54, 1.807) is 6.92 Å². The van der Waals surface area contributed by atoms with Gasteiger partial charge in [0.1, 0.15) is 0 Å². The number of benzene rings is 1. The van der Waals surface area contributed by atoms with E-state index in [-0.39, 0.29) is 12.4 Å². The summed E-state index contributed by atoms with van der Waals surface area (Å²) in [7, 11) is 0. The largest absolute Gasteiger partial charge is 0.395 e. The van der Waals surface area contributed by atoms with Gasteiger partial charge in [0, 0.05) is 41.9 Å². The van der Waals surface area contributed by atoms with E-state index in [2.05, 4.69) is 25.7 Å². The minimum Gasteiger partial charge on any atom is -0.395 e. The van der Waals surface area contributed by atoms with Gasteiger partial charge in [-0.25, -0.2) is 0 Å². The monoisotopic (exact) mass is 340 g/mol. The minimum absolute atomic E-state index is 0.0772. The van der Waals surface area contributed by atoms with Crippen LogP contribution in [0.25, 0.3) is 0 Å². The smallest absolute Gasteiger partial charge is 0.160 e. The summed E-state index contributed by atoms with van der Waals surface area (Å²) in [5.74, 6) is 0.0772. The lowest BCUT2D eigenvalue weighted by molar-refractivity contribution is 0.101. The Balaban J connectivity index is 2.08. The Morgan fingerprint density at radius 1 is 1.30 bits per heavy atom. The van der Waals surface area contributed by atoms with E-state index in [0.717, 1.165) is 54.9 Å². The first-order valence-corrected chi connectivity index (χ1v) is 7.80. The highest BCUT2D eigenvalue weighted by molar-refractivity contribution is 9.10. The Hall–Kier alpha value is -0.910. The van der Waals surface area contributed by atoms with Crippen molar-refractivity contribution in [3.8, 4) is 0 Å². The van der Waals surface area contributed by atoms with Crippen molar-refractivity contribution in [3.05, 3.63) is 28.2 Å². The molecular weight excluding hydrogens is 320 g/mol. The van der Waals surface area contributed by atoms with Crippen LogP contribution in [0.15, 0.2) is 22.7 Å². The summed E-state index contributed by atoms with van der Waals surface area (Å²) < 4.78 is 0.860. The van der Waals surface area contributed by atoms with Gasteiger partial charge in [0.2, 0.25) is 0 Å². The van der Waals surface area contributed by atoms with Crippen LogP contribution in [0.4, 0.5) is 5.69 Å². The van der Waals surface area contributed by atoms with Crippen LogP contribution in [0.3, 0.4) is 0 Å². The molecule has 1 N–H and O–H groups in total. The van der Waals surface area contributed by atoms with Gasteiger partial charge < -0.3 is 10.0 Å². The van der Waals surface area contributed by atoms with E-state index in [0.29, 0.717) is 0 Å². The van der Waals surface area contributed by atoms with Crippen LogP contribution in [-0.4, -0.2) is 55.1 Å². The second kappa shape index (κ2) is 7.20. The molecule has 0 saturated carbocycles. The number of nitrogens with zero attached hydrogens (tertiary/aromatic N) is 2. The Kier molecular flexibility index (Phi) is 5.57. The Morgan fingerprint density at radius 2 is 2.10 bits per heavy atom. The summed E-state index contributed by atoms with van der Waals surface area (Å²) in [6.07, 6.45) is 1.09. The molecule has 110 valence electrons. The fourth-order valence-electron chi connectivity index (χ4n) is 2.58. The number of Topliss-reactive ketones (excluding diaryl/α,β-unsaturated/α-hetero) is 1. The third-order valence-electron chi connectivity index (χ3n) is 3.70. The number of hydrogen-bond acceptors (Lipinski definition) is 4. The molecule has 5 heteroatoms. The molecule has 0 spiro atoms. The molecule has 1 aromatic carbocycles. The van der Waals surface area contributed by atoms with Crippen LogP contribution < -0.4 is 4.90 Å². The molecule has 0 atom stereocenters. The molecule has 0 bridgehead atoms. The van der Waals surface area contributed by atoms with Crippen LogP contribution in [0.2, 0.25) is 0 Å². The maximum absolute atomic E-state index is 11.4. The van der Waals surface area contributed by atoms with Crippen LogP contribution in [0.5, 0.6) is 0 Å². The molecule has 1 fully saturated rings. The maximum Gasteiger partial charge on any atom is 0.160 e. The van der Waals surface area contributed by atoms with Crippen LogP contribution in [0, 0.1) is 0 Å². The fraction of sp³-hybridized carbons (Fsp3) is 0.533.